The number of carbonyl (C=O) groups is 1. The van der Waals surface area contributed by atoms with Gasteiger partial charge in [-0.15, -0.1) is 0 Å². The van der Waals surface area contributed by atoms with Crippen molar-refractivity contribution in [3.05, 3.63) is 35.4 Å². The molecule has 0 aromatic heterocycles. The molecule has 1 unspecified atom stereocenters. The van der Waals surface area contributed by atoms with Gasteiger partial charge in [0.25, 0.3) is 0 Å². The summed E-state index contributed by atoms with van der Waals surface area (Å²) in [5.74, 6) is -0.178. The number of carboxylic acid groups (broad SMARTS) is 1. The summed E-state index contributed by atoms with van der Waals surface area (Å²) in [4.78, 5) is 10.6. The normalized spacial score (nSPS) is 12.7. The standard InChI is InChI=1S/C15H23NO2/c1-11(2)10-14(16-9-8-15(17)18)13-7-5-4-6-12(13)3/h4-7,11,14,16H,8-10H2,1-3H3,(H,17,18). The molecular weight excluding hydrogens is 226 g/mol. The van der Waals surface area contributed by atoms with Crippen LogP contribution >= 0.6 is 0 Å². The van der Waals surface area contributed by atoms with Crippen molar-refractivity contribution in [2.24, 2.45) is 5.92 Å². The second-order valence-corrected chi connectivity index (χ2v) is 5.14. The van der Waals surface area contributed by atoms with Crippen LogP contribution in [0, 0.1) is 12.8 Å². The van der Waals surface area contributed by atoms with Gasteiger partial charge in [-0.1, -0.05) is 38.1 Å². The van der Waals surface area contributed by atoms with E-state index in [9.17, 15) is 4.79 Å². The number of hydrogen-bond acceptors (Lipinski definition) is 2. The Morgan fingerprint density at radius 1 is 1.33 bits per heavy atom. The van der Waals surface area contributed by atoms with Gasteiger partial charge in [-0.3, -0.25) is 4.79 Å². The number of benzene rings is 1. The van der Waals surface area contributed by atoms with Gasteiger partial charge in [0, 0.05) is 12.6 Å². The van der Waals surface area contributed by atoms with Gasteiger partial charge in [0.2, 0.25) is 0 Å². The molecule has 1 aromatic rings. The Labute approximate surface area is 109 Å². The molecule has 0 aliphatic rings. The van der Waals surface area contributed by atoms with Crippen molar-refractivity contribution >= 4 is 5.97 Å². The van der Waals surface area contributed by atoms with E-state index in [0.717, 1.165) is 6.42 Å². The number of nitrogens with one attached hydrogen (secondary N) is 1. The fraction of sp³-hybridized carbons (Fsp3) is 0.533. The second-order valence-electron chi connectivity index (χ2n) is 5.14. The van der Waals surface area contributed by atoms with E-state index in [0.29, 0.717) is 12.5 Å². The number of carboxylic acids is 1. The summed E-state index contributed by atoms with van der Waals surface area (Å²) in [7, 11) is 0. The zero-order valence-electron chi connectivity index (χ0n) is 11.4. The lowest BCUT2D eigenvalue weighted by atomic mass is 9.94. The second kappa shape index (κ2) is 7.17. The van der Waals surface area contributed by atoms with Gasteiger partial charge in [0.1, 0.15) is 0 Å². The third-order valence-corrected chi connectivity index (χ3v) is 3.00. The lowest BCUT2D eigenvalue weighted by Crippen LogP contribution is -2.26. The minimum absolute atomic E-state index is 0.167. The lowest BCUT2D eigenvalue weighted by molar-refractivity contribution is -0.136. The first-order chi connectivity index (χ1) is 8.50. The van der Waals surface area contributed by atoms with Crippen LogP contribution in [-0.2, 0) is 4.79 Å². The van der Waals surface area contributed by atoms with Gasteiger partial charge in [-0.25, -0.2) is 0 Å². The first kappa shape index (κ1) is 14.7. The van der Waals surface area contributed by atoms with Gasteiger partial charge in [-0.2, -0.15) is 0 Å². The SMILES string of the molecule is Cc1ccccc1C(CC(C)C)NCCC(=O)O. The molecule has 0 aliphatic carbocycles. The molecule has 0 fully saturated rings. The Morgan fingerprint density at radius 3 is 2.56 bits per heavy atom. The highest BCUT2D eigenvalue weighted by Crippen LogP contribution is 2.23. The van der Waals surface area contributed by atoms with E-state index in [1.54, 1.807) is 0 Å². The minimum Gasteiger partial charge on any atom is -0.481 e. The van der Waals surface area contributed by atoms with Crippen LogP contribution in [-0.4, -0.2) is 17.6 Å². The molecule has 1 atom stereocenters. The van der Waals surface area contributed by atoms with Crippen molar-refractivity contribution in [2.45, 2.75) is 39.7 Å². The maximum atomic E-state index is 10.6. The average molecular weight is 249 g/mol. The smallest absolute Gasteiger partial charge is 0.304 e. The van der Waals surface area contributed by atoms with Crippen LogP contribution in [0.25, 0.3) is 0 Å². The van der Waals surface area contributed by atoms with Gasteiger partial charge < -0.3 is 10.4 Å². The van der Waals surface area contributed by atoms with Gasteiger partial charge in [0.05, 0.1) is 6.42 Å². The van der Waals surface area contributed by atoms with E-state index in [-0.39, 0.29) is 12.5 Å². The Hall–Kier alpha value is -1.35. The quantitative estimate of drug-likeness (QED) is 0.780. The van der Waals surface area contributed by atoms with Gasteiger partial charge in [0.15, 0.2) is 0 Å². The van der Waals surface area contributed by atoms with E-state index >= 15 is 0 Å². The molecule has 0 heterocycles. The van der Waals surface area contributed by atoms with E-state index < -0.39 is 5.97 Å². The summed E-state index contributed by atoms with van der Waals surface area (Å²) < 4.78 is 0. The highest BCUT2D eigenvalue weighted by molar-refractivity contribution is 5.66. The Morgan fingerprint density at radius 2 is 2.00 bits per heavy atom. The molecule has 0 bridgehead atoms. The van der Waals surface area contributed by atoms with Crippen LogP contribution < -0.4 is 5.32 Å². The minimum atomic E-state index is -0.754. The molecule has 0 spiro atoms. The monoisotopic (exact) mass is 249 g/mol. The summed E-state index contributed by atoms with van der Waals surface area (Å²) in [5, 5.41) is 12.1. The predicted molar refractivity (Wildman–Crippen MR) is 73.6 cm³/mol. The molecule has 0 saturated heterocycles. The summed E-state index contributed by atoms with van der Waals surface area (Å²) >= 11 is 0. The van der Waals surface area contributed by atoms with E-state index in [1.165, 1.54) is 11.1 Å². The first-order valence-corrected chi connectivity index (χ1v) is 6.51. The van der Waals surface area contributed by atoms with Crippen LogP contribution in [0.1, 0.15) is 43.9 Å². The Bertz CT molecular complexity index is 388. The molecule has 0 radical (unpaired) electrons. The molecule has 100 valence electrons. The summed E-state index contributed by atoms with van der Waals surface area (Å²) in [5.41, 5.74) is 2.53. The molecule has 0 saturated carbocycles. The van der Waals surface area contributed by atoms with Crippen LogP contribution in [0.4, 0.5) is 0 Å². The largest absolute Gasteiger partial charge is 0.481 e. The number of rotatable bonds is 7. The number of aryl methyl sites for hydroxylation is 1. The Kier molecular flexibility index (Phi) is 5.86. The van der Waals surface area contributed by atoms with Crippen molar-refractivity contribution in [3.63, 3.8) is 0 Å². The van der Waals surface area contributed by atoms with Gasteiger partial charge >= 0.3 is 5.97 Å². The number of hydrogen-bond donors (Lipinski definition) is 2. The molecule has 3 nitrogen and oxygen atoms in total. The summed E-state index contributed by atoms with van der Waals surface area (Å²) in [6.07, 6.45) is 1.19. The summed E-state index contributed by atoms with van der Waals surface area (Å²) in [6, 6.07) is 8.53. The fourth-order valence-corrected chi connectivity index (χ4v) is 2.12. The summed E-state index contributed by atoms with van der Waals surface area (Å²) in [6.45, 7) is 6.98. The van der Waals surface area contributed by atoms with E-state index in [4.69, 9.17) is 5.11 Å². The van der Waals surface area contributed by atoms with Crippen molar-refractivity contribution in [1.29, 1.82) is 0 Å². The third kappa shape index (κ3) is 4.88. The van der Waals surface area contributed by atoms with Crippen LogP contribution in [0.15, 0.2) is 24.3 Å². The molecule has 2 N–H and O–H groups in total. The molecule has 0 amide bonds. The molecule has 1 aromatic carbocycles. The zero-order valence-corrected chi connectivity index (χ0v) is 11.4. The molecular formula is C15H23NO2. The van der Waals surface area contributed by atoms with Crippen LogP contribution in [0.5, 0.6) is 0 Å². The van der Waals surface area contributed by atoms with Crippen LogP contribution in [0.3, 0.4) is 0 Å². The van der Waals surface area contributed by atoms with E-state index in [2.05, 4.69) is 38.2 Å². The number of aliphatic carboxylic acids is 1. The molecule has 0 aliphatic heterocycles. The van der Waals surface area contributed by atoms with E-state index in [1.807, 2.05) is 12.1 Å². The molecule has 1 rings (SSSR count). The topological polar surface area (TPSA) is 49.3 Å². The first-order valence-electron chi connectivity index (χ1n) is 6.51. The van der Waals surface area contributed by atoms with Crippen LogP contribution in [0.2, 0.25) is 0 Å². The zero-order chi connectivity index (χ0) is 13.5. The van der Waals surface area contributed by atoms with Crippen molar-refractivity contribution in [1.82, 2.24) is 5.32 Å². The highest BCUT2D eigenvalue weighted by atomic mass is 16.4. The van der Waals surface area contributed by atoms with Gasteiger partial charge in [-0.05, 0) is 30.4 Å². The van der Waals surface area contributed by atoms with Crippen molar-refractivity contribution < 1.29 is 9.90 Å². The third-order valence-electron chi connectivity index (χ3n) is 3.00. The highest BCUT2D eigenvalue weighted by Gasteiger charge is 2.14. The maximum absolute atomic E-state index is 10.6. The molecule has 3 heteroatoms. The predicted octanol–water partition coefficient (Wildman–Crippen LogP) is 3.15. The fourth-order valence-electron chi connectivity index (χ4n) is 2.12. The average Bonchev–Trinajstić information content (AvgIpc) is 2.27. The van der Waals surface area contributed by atoms with Crippen molar-refractivity contribution in [2.75, 3.05) is 6.54 Å². The van der Waals surface area contributed by atoms with Crippen molar-refractivity contribution in [3.8, 4) is 0 Å². The molecule has 18 heavy (non-hydrogen) atoms. The lowest BCUT2D eigenvalue weighted by Gasteiger charge is -2.22. The maximum Gasteiger partial charge on any atom is 0.304 e. The Balaban J connectivity index is 2.72.